The van der Waals surface area contributed by atoms with Gasteiger partial charge in [-0.3, -0.25) is 4.79 Å². The van der Waals surface area contributed by atoms with Gasteiger partial charge in [0.25, 0.3) is 0 Å². The zero-order chi connectivity index (χ0) is 21.5. The molecule has 0 atom stereocenters. The van der Waals surface area contributed by atoms with Gasteiger partial charge < -0.3 is 14.6 Å². The summed E-state index contributed by atoms with van der Waals surface area (Å²) in [4.78, 5) is 17.1. The van der Waals surface area contributed by atoms with Gasteiger partial charge in [0.15, 0.2) is 17.8 Å². The maximum atomic E-state index is 11.8. The van der Waals surface area contributed by atoms with Gasteiger partial charge in [0.2, 0.25) is 0 Å². The van der Waals surface area contributed by atoms with Gasteiger partial charge in [-0.2, -0.15) is 0 Å². The molecule has 2 aromatic rings. The van der Waals surface area contributed by atoms with Crippen molar-refractivity contribution >= 4 is 29.5 Å². The van der Waals surface area contributed by atoms with Gasteiger partial charge in [0.05, 0.1) is 24.6 Å². The molecule has 0 saturated heterocycles. The predicted molar refractivity (Wildman–Crippen MR) is 83.2 cm³/mol. The number of alkyl halides is 6. The molecular weight excluding hydrogens is 445 g/mol. The van der Waals surface area contributed by atoms with Crippen molar-refractivity contribution in [3.05, 3.63) is 46.0 Å². The minimum atomic E-state index is -4.85. The van der Waals surface area contributed by atoms with Crippen LogP contribution in [0.4, 0.5) is 26.3 Å². The highest BCUT2D eigenvalue weighted by molar-refractivity contribution is 6.29. The van der Waals surface area contributed by atoms with E-state index in [2.05, 4.69) is 19.4 Å². The molecule has 1 N–H and O–H groups in total. The first-order chi connectivity index (χ1) is 12.8. The first-order valence-corrected chi connectivity index (χ1v) is 7.47. The van der Waals surface area contributed by atoms with E-state index in [0.29, 0.717) is 0 Å². The van der Waals surface area contributed by atoms with Gasteiger partial charge in [-0.15, -0.1) is 26.3 Å². The summed E-state index contributed by atoms with van der Waals surface area (Å²) in [5.74, 6) is -1.22. The Morgan fingerprint density at radius 2 is 1.39 bits per heavy atom. The Kier molecular flexibility index (Phi) is 8.27. The van der Waals surface area contributed by atoms with E-state index in [0.717, 1.165) is 24.5 Å². The van der Waals surface area contributed by atoms with Crippen molar-refractivity contribution in [3.63, 3.8) is 0 Å². The smallest absolute Gasteiger partial charge is 0.404 e. The lowest BCUT2D eigenvalue weighted by Crippen LogP contribution is -2.18. The van der Waals surface area contributed by atoms with Crippen molar-refractivity contribution in [2.45, 2.75) is 19.3 Å². The molecule has 0 aliphatic heterocycles. The number of pyridine rings is 2. The summed E-state index contributed by atoms with van der Waals surface area (Å²) in [7, 11) is 0. The van der Waals surface area contributed by atoms with Crippen molar-refractivity contribution in [2.24, 2.45) is 0 Å². The van der Waals surface area contributed by atoms with Gasteiger partial charge in [-0.1, -0.05) is 23.2 Å². The highest BCUT2D eigenvalue weighted by Crippen LogP contribution is 2.27. The Bertz CT molecular complexity index is 817. The first-order valence-electron chi connectivity index (χ1n) is 6.72. The minimum Gasteiger partial charge on any atom is -0.404 e. The maximum absolute atomic E-state index is 11.8. The number of hydrogen-bond acceptors (Lipinski definition) is 6. The number of carbonyl (C=O) groups excluding carboxylic acids is 1. The second-order valence-corrected chi connectivity index (χ2v) is 5.31. The maximum Gasteiger partial charge on any atom is 0.573 e. The van der Waals surface area contributed by atoms with Crippen molar-refractivity contribution < 1.29 is 45.7 Å². The molecule has 0 fully saturated rings. The molecule has 0 amide bonds. The second-order valence-electron chi connectivity index (χ2n) is 4.53. The molecule has 154 valence electrons. The van der Waals surface area contributed by atoms with Crippen LogP contribution in [0.25, 0.3) is 0 Å². The summed E-state index contributed by atoms with van der Waals surface area (Å²) in [6.45, 7) is -0.604. The van der Waals surface area contributed by atoms with Gasteiger partial charge in [0.1, 0.15) is 10.3 Å². The number of nitrogens with zero attached hydrogens (tertiary/aromatic N) is 2. The van der Waals surface area contributed by atoms with Crippen molar-refractivity contribution in [2.75, 3.05) is 0 Å². The van der Waals surface area contributed by atoms with E-state index in [4.69, 9.17) is 28.3 Å². The predicted octanol–water partition coefficient (Wildman–Crippen LogP) is 4.57. The summed E-state index contributed by atoms with van der Waals surface area (Å²) in [5, 5.41) is 8.61. The van der Waals surface area contributed by atoms with Crippen molar-refractivity contribution in [1.29, 1.82) is 0 Å². The lowest BCUT2D eigenvalue weighted by atomic mass is 10.2. The Morgan fingerprint density at radius 1 is 0.929 bits per heavy atom. The van der Waals surface area contributed by atoms with E-state index in [1.807, 2.05) is 0 Å². The fourth-order valence-corrected chi connectivity index (χ4v) is 1.88. The van der Waals surface area contributed by atoms with Crippen LogP contribution >= 0.6 is 23.2 Å². The largest absolute Gasteiger partial charge is 0.573 e. The molecule has 0 spiro atoms. The van der Waals surface area contributed by atoms with Gasteiger partial charge in [-0.05, 0) is 12.1 Å². The van der Waals surface area contributed by atoms with Crippen LogP contribution in [0.3, 0.4) is 0 Å². The lowest BCUT2D eigenvalue weighted by Gasteiger charge is -2.11. The summed E-state index contributed by atoms with van der Waals surface area (Å²) < 4.78 is 77.8. The molecule has 2 aromatic heterocycles. The Labute approximate surface area is 162 Å². The number of rotatable bonds is 4. The summed E-state index contributed by atoms with van der Waals surface area (Å²) >= 11 is 10.8. The number of aliphatic hydroxyl groups excluding tert-OH is 1. The summed E-state index contributed by atoms with van der Waals surface area (Å²) in [5.41, 5.74) is -0.371. The molecule has 6 nitrogen and oxygen atoms in total. The zero-order valence-electron chi connectivity index (χ0n) is 13.2. The molecule has 0 saturated carbocycles. The minimum absolute atomic E-state index is 0.0106. The van der Waals surface area contributed by atoms with Crippen LogP contribution < -0.4 is 9.47 Å². The Morgan fingerprint density at radius 3 is 1.86 bits per heavy atom. The van der Waals surface area contributed by atoms with Gasteiger partial charge >= 0.3 is 12.7 Å². The van der Waals surface area contributed by atoms with Crippen LogP contribution in [0.2, 0.25) is 10.3 Å². The van der Waals surface area contributed by atoms with Crippen LogP contribution in [0.1, 0.15) is 15.9 Å². The van der Waals surface area contributed by atoms with E-state index in [1.165, 1.54) is 0 Å². The third-order valence-electron chi connectivity index (χ3n) is 2.53. The molecule has 2 heterocycles. The molecule has 0 aromatic carbocycles. The number of aromatic nitrogens is 2. The van der Waals surface area contributed by atoms with E-state index in [-0.39, 0.29) is 27.7 Å². The molecule has 0 aliphatic carbocycles. The molecule has 14 heteroatoms. The van der Waals surface area contributed by atoms with E-state index in [9.17, 15) is 31.1 Å². The fraction of sp³-hybridized carbons (Fsp3) is 0.214. The highest BCUT2D eigenvalue weighted by Gasteiger charge is 2.33. The Balaban J connectivity index is 0.000000280. The van der Waals surface area contributed by atoms with E-state index in [1.54, 1.807) is 0 Å². The molecule has 0 radical (unpaired) electrons. The molecular formula is C14H8Cl2F6N2O4. The monoisotopic (exact) mass is 452 g/mol. The molecule has 28 heavy (non-hydrogen) atoms. The van der Waals surface area contributed by atoms with Crippen LogP contribution in [0.5, 0.6) is 11.5 Å². The number of hydrogen-bond donors (Lipinski definition) is 1. The number of aldehydes is 1. The van der Waals surface area contributed by atoms with Crippen molar-refractivity contribution in [3.8, 4) is 11.5 Å². The van der Waals surface area contributed by atoms with Gasteiger partial charge in [0, 0.05) is 5.56 Å². The van der Waals surface area contributed by atoms with Crippen molar-refractivity contribution in [1.82, 2.24) is 9.97 Å². The second kappa shape index (κ2) is 9.75. The molecule has 0 bridgehead atoms. The molecule has 2 rings (SSSR count). The normalized spacial score (nSPS) is 11.3. The van der Waals surface area contributed by atoms with Crippen LogP contribution in [0.15, 0.2) is 24.5 Å². The average molecular weight is 453 g/mol. The van der Waals surface area contributed by atoms with Crippen LogP contribution in [0, 0.1) is 0 Å². The molecule has 0 aliphatic rings. The molecule has 0 unspecified atom stereocenters. The zero-order valence-corrected chi connectivity index (χ0v) is 14.7. The SMILES string of the molecule is O=Cc1cc(Cl)ncc1OC(F)(F)F.OCc1cc(Cl)ncc1OC(F)(F)F. The van der Waals surface area contributed by atoms with Gasteiger partial charge in [-0.25, -0.2) is 9.97 Å². The number of ether oxygens (including phenoxy) is 2. The first kappa shape index (κ1) is 23.7. The number of aliphatic hydroxyl groups is 1. The third-order valence-corrected chi connectivity index (χ3v) is 2.94. The Hall–Kier alpha value is -2.31. The standard InChI is InChI=1S/C7H5ClF3NO2.C7H3ClF3NO2/c2*8-6-1-4(3-13)5(2-12-6)14-7(9,10)11/h1-2,13H,3H2;1-3H. The number of halogens is 8. The van der Waals surface area contributed by atoms with Crippen LogP contribution in [-0.4, -0.2) is 34.1 Å². The quantitative estimate of drug-likeness (QED) is 0.415. The topological polar surface area (TPSA) is 81.5 Å². The average Bonchev–Trinajstić information content (AvgIpc) is 2.56. The highest BCUT2D eigenvalue weighted by atomic mass is 35.5. The summed E-state index contributed by atoms with van der Waals surface area (Å²) in [6, 6.07) is 2.08. The van der Waals surface area contributed by atoms with Crippen LogP contribution in [-0.2, 0) is 6.61 Å². The summed E-state index contributed by atoms with van der Waals surface area (Å²) in [6.07, 6.45) is -7.91. The number of carbonyl (C=O) groups is 1. The van der Waals surface area contributed by atoms with E-state index >= 15 is 0 Å². The fourth-order valence-electron chi connectivity index (χ4n) is 1.53. The third kappa shape index (κ3) is 8.59. The van der Waals surface area contributed by atoms with E-state index < -0.39 is 30.8 Å². The lowest BCUT2D eigenvalue weighted by molar-refractivity contribution is -0.276.